The first-order valence-corrected chi connectivity index (χ1v) is 11.6. The lowest BCUT2D eigenvalue weighted by atomic mass is 9.87. The molecule has 198 valence electrons. The number of pyridine rings is 1. The number of likely N-dealkylation sites (tertiary alicyclic amines) is 1. The van der Waals surface area contributed by atoms with Gasteiger partial charge in [-0.25, -0.2) is 4.79 Å². The highest BCUT2D eigenvalue weighted by molar-refractivity contribution is 6.39. The topological polar surface area (TPSA) is 121 Å². The summed E-state index contributed by atoms with van der Waals surface area (Å²) in [6, 6.07) is 13.7. The number of nitrogens with zero attached hydrogens (tertiary/aromatic N) is 3. The van der Waals surface area contributed by atoms with Crippen molar-refractivity contribution in [3.05, 3.63) is 66.0 Å². The zero-order valence-electron chi connectivity index (χ0n) is 19.9. The molecule has 1 aromatic heterocycles. The molecule has 2 aliphatic rings. The lowest BCUT2D eigenvalue weighted by Gasteiger charge is -2.38. The van der Waals surface area contributed by atoms with E-state index in [1.54, 1.807) is 12.4 Å². The molecule has 2 aromatic rings. The molecule has 3 heterocycles. The van der Waals surface area contributed by atoms with Gasteiger partial charge in [-0.3, -0.25) is 14.6 Å². The Morgan fingerprint density at radius 2 is 1.76 bits per heavy atom. The number of alkyl halides is 3. The number of carbonyl (C=O) groups is 3. The Labute approximate surface area is 211 Å². The van der Waals surface area contributed by atoms with Crippen molar-refractivity contribution in [1.29, 1.82) is 0 Å². The summed E-state index contributed by atoms with van der Waals surface area (Å²) in [4.78, 5) is 45.7. The van der Waals surface area contributed by atoms with Crippen LogP contribution in [-0.2, 0) is 32.2 Å². The average molecular weight is 521 g/mol. The van der Waals surface area contributed by atoms with Gasteiger partial charge in [-0.15, -0.1) is 0 Å². The highest BCUT2D eigenvalue weighted by atomic mass is 19.4. The van der Waals surface area contributed by atoms with E-state index in [2.05, 4.69) is 15.5 Å². The molecule has 4 rings (SSSR count). The number of nitrogens with one attached hydrogen (secondary N) is 1. The fraction of sp³-hybridized carbons (Fsp3) is 0.400. The summed E-state index contributed by atoms with van der Waals surface area (Å²) in [6.07, 6.45) is 1.57. The van der Waals surface area contributed by atoms with Gasteiger partial charge in [0.05, 0.1) is 6.54 Å². The number of piperidine rings is 1. The van der Waals surface area contributed by atoms with Crippen LogP contribution >= 0.6 is 0 Å². The quantitative estimate of drug-likeness (QED) is 0.604. The Balaban J connectivity index is 0.000000479. The number of hydrogen-bond acceptors (Lipinski definition) is 6. The number of carbonyl (C=O) groups excluding carboxylic acids is 2. The lowest BCUT2D eigenvalue weighted by Crippen LogP contribution is -2.51. The molecule has 0 bridgehead atoms. The first-order chi connectivity index (χ1) is 17.6. The third-order valence-corrected chi connectivity index (χ3v) is 5.91. The van der Waals surface area contributed by atoms with Gasteiger partial charge in [0.2, 0.25) is 5.91 Å². The Morgan fingerprint density at radius 1 is 1.08 bits per heavy atom. The predicted octanol–water partition coefficient (Wildman–Crippen LogP) is 3.10. The molecule has 0 radical (unpaired) electrons. The van der Waals surface area contributed by atoms with Crippen molar-refractivity contribution in [1.82, 2.24) is 15.2 Å². The molecule has 0 saturated carbocycles. The lowest BCUT2D eigenvalue weighted by molar-refractivity contribution is -0.192. The first kappa shape index (κ1) is 27.6. The van der Waals surface area contributed by atoms with Crippen LogP contribution in [0.4, 0.5) is 13.2 Å². The number of oxime groups is 1. The number of halogens is 3. The Morgan fingerprint density at radius 3 is 2.41 bits per heavy atom. The first-order valence-electron chi connectivity index (χ1n) is 11.6. The van der Waals surface area contributed by atoms with E-state index in [-0.39, 0.29) is 11.8 Å². The van der Waals surface area contributed by atoms with Crippen LogP contribution in [0.1, 0.15) is 36.8 Å². The summed E-state index contributed by atoms with van der Waals surface area (Å²) in [6.45, 7) is 1.62. The molecule has 1 fully saturated rings. The number of aromatic nitrogens is 1. The van der Waals surface area contributed by atoms with Crippen LogP contribution < -0.4 is 5.32 Å². The van der Waals surface area contributed by atoms with Gasteiger partial charge in [-0.05, 0) is 42.5 Å². The highest BCUT2D eigenvalue weighted by Gasteiger charge is 2.45. The maximum absolute atomic E-state index is 12.7. The summed E-state index contributed by atoms with van der Waals surface area (Å²) in [7, 11) is 0. The van der Waals surface area contributed by atoms with Crippen LogP contribution in [-0.4, -0.2) is 63.4 Å². The molecular formula is C25H27F3N4O5. The van der Waals surface area contributed by atoms with Gasteiger partial charge in [-0.1, -0.05) is 35.5 Å². The van der Waals surface area contributed by atoms with Gasteiger partial charge in [0.25, 0.3) is 5.91 Å². The van der Waals surface area contributed by atoms with Crippen LogP contribution in [0.5, 0.6) is 0 Å². The number of hydrogen-bond donors (Lipinski definition) is 2. The summed E-state index contributed by atoms with van der Waals surface area (Å²) >= 11 is 0. The van der Waals surface area contributed by atoms with Crippen LogP contribution in [0.25, 0.3) is 0 Å². The molecule has 9 nitrogen and oxygen atoms in total. The molecule has 2 aliphatic heterocycles. The highest BCUT2D eigenvalue weighted by Crippen LogP contribution is 2.33. The van der Waals surface area contributed by atoms with E-state index in [1.165, 1.54) is 0 Å². The average Bonchev–Trinajstić information content (AvgIpc) is 3.29. The molecule has 2 N–H and O–H groups in total. The third kappa shape index (κ3) is 8.29. The second kappa shape index (κ2) is 12.3. The fourth-order valence-corrected chi connectivity index (χ4v) is 4.01. The van der Waals surface area contributed by atoms with E-state index >= 15 is 0 Å². The summed E-state index contributed by atoms with van der Waals surface area (Å²) in [5, 5.41) is 14.1. The molecule has 37 heavy (non-hydrogen) atoms. The number of aliphatic carboxylic acids is 1. The smallest absolute Gasteiger partial charge is 0.475 e. The number of benzene rings is 1. The van der Waals surface area contributed by atoms with Crippen LogP contribution in [0.15, 0.2) is 60.0 Å². The summed E-state index contributed by atoms with van der Waals surface area (Å²) < 4.78 is 31.7. The Bertz CT molecular complexity index is 1110. The summed E-state index contributed by atoms with van der Waals surface area (Å²) in [5.74, 6) is -2.86. The normalized spacial score (nSPS) is 18.8. The zero-order valence-corrected chi connectivity index (χ0v) is 19.9. The van der Waals surface area contributed by atoms with E-state index < -0.39 is 17.7 Å². The summed E-state index contributed by atoms with van der Waals surface area (Å²) in [5.41, 5.74) is 1.94. The van der Waals surface area contributed by atoms with E-state index in [9.17, 15) is 22.8 Å². The maximum Gasteiger partial charge on any atom is 0.490 e. The zero-order chi connectivity index (χ0) is 26.9. The fourth-order valence-electron chi connectivity index (χ4n) is 4.01. The number of aryl methyl sites for hydroxylation is 1. The molecule has 1 unspecified atom stereocenters. The molecule has 1 aromatic carbocycles. The SMILES string of the molecule is O=C(NCc1ccncc1)C1=NOC2(CCCN(C(=O)CCc3ccccc3)C2)C1.O=C(O)C(F)(F)F. The molecule has 1 atom stereocenters. The second-order valence-electron chi connectivity index (χ2n) is 8.73. The monoisotopic (exact) mass is 520 g/mol. The molecule has 2 amide bonds. The molecular weight excluding hydrogens is 493 g/mol. The van der Waals surface area contributed by atoms with Gasteiger partial charge in [-0.2, -0.15) is 13.2 Å². The van der Waals surface area contributed by atoms with Crippen molar-refractivity contribution in [2.24, 2.45) is 5.16 Å². The van der Waals surface area contributed by atoms with Crippen molar-refractivity contribution < 1.29 is 37.5 Å². The van der Waals surface area contributed by atoms with Crippen LogP contribution in [0.3, 0.4) is 0 Å². The number of rotatable bonds is 6. The number of carboxylic acids is 1. The number of carboxylic acid groups (broad SMARTS) is 1. The minimum Gasteiger partial charge on any atom is -0.475 e. The van der Waals surface area contributed by atoms with Crippen molar-refractivity contribution in [3.8, 4) is 0 Å². The van der Waals surface area contributed by atoms with Gasteiger partial charge >= 0.3 is 12.1 Å². The number of amides is 2. The van der Waals surface area contributed by atoms with Gasteiger partial charge in [0.15, 0.2) is 5.60 Å². The van der Waals surface area contributed by atoms with E-state index in [0.29, 0.717) is 31.6 Å². The van der Waals surface area contributed by atoms with Gasteiger partial charge in [0, 0.05) is 38.3 Å². The van der Waals surface area contributed by atoms with Crippen molar-refractivity contribution in [3.63, 3.8) is 0 Å². The molecule has 1 saturated heterocycles. The molecule has 1 spiro atoms. The van der Waals surface area contributed by atoms with Crippen LogP contribution in [0.2, 0.25) is 0 Å². The van der Waals surface area contributed by atoms with E-state index in [0.717, 1.165) is 36.9 Å². The third-order valence-electron chi connectivity index (χ3n) is 5.91. The van der Waals surface area contributed by atoms with E-state index in [4.69, 9.17) is 14.7 Å². The van der Waals surface area contributed by atoms with Crippen molar-refractivity contribution in [2.75, 3.05) is 13.1 Å². The van der Waals surface area contributed by atoms with Crippen molar-refractivity contribution >= 4 is 23.5 Å². The van der Waals surface area contributed by atoms with Crippen LogP contribution in [0, 0.1) is 0 Å². The van der Waals surface area contributed by atoms with E-state index in [1.807, 2.05) is 47.4 Å². The Kier molecular flexibility index (Phi) is 9.20. The maximum atomic E-state index is 12.7. The predicted molar refractivity (Wildman–Crippen MR) is 126 cm³/mol. The Hall–Kier alpha value is -3.96. The molecule has 12 heteroatoms. The van der Waals surface area contributed by atoms with Gasteiger partial charge in [0.1, 0.15) is 5.71 Å². The minimum atomic E-state index is -5.08. The minimum absolute atomic E-state index is 0.122. The standard InChI is InChI=1S/C23H26N4O3.C2HF3O2/c28-21(8-7-18-5-2-1-3-6-18)27-14-4-11-23(17-27)15-20(26-30-23)22(29)25-16-19-9-12-24-13-10-19;3-2(4,5)1(6)7/h1-3,5-6,9-10,12-13H,4,7-8,11,14-17H2,(H,25,29);(H,6,7). The van der Waals surface area contributed by atoms with Crippen molar-refractivity contribution in [2.45, 2.75) is 50.4 Å². The van der Waals surface area contributed by atoms with Gasteiger partial charge < -0.3 is 20.2 Å². The largest absolute Gasteiger partial charge is 0.490 e. The second-order valence-corrected chi connectivity index (χ2v) is 8.73. The molecule has 0 aliphatic carbocycles.